The molecule has 1 rings (SSSR count). The van der Waals surface area contributed by atoms with Crippen LogP contribution >= 0.6 is 0 Å². The van der Waals surface area contributed by atoms with Gasteiger partial charge in [0.1, 0.15) is 0 Å². The Morgan fingerprint density at radius 1 is 1.25 bits per heavy atom. The maximum absolute atomic E-state index is 5.75. The summed E-state index contributed by atoms with van der Waals surface area (Å²) in [5.41, 5.74) is 6.89. The minimum atomic E-state index is 0.00574. The van der Waals surface area contributed by atoms with Gasteiger partial charge in [0.25, 0.3) is 0 Å². The monoisotopic (exact) mass is 165 g/mol. The molecule has 66 valence electrons. The van der Waals surface area contributed by atoms with Gasteiger partial charge in [-0.2, -0.15) is 0 Å². The molecule has 0 unspecified atom stereocenters. The molecule has 0 saturated heterocycles. The van der Waals surface area contributed by atoms with Crippen molar-refractivity contribution in [2.45, 2.75) is 19.1 Å². The quantitative estimate of drug-likeness (QED) is 0.740. The van der Waals surface area contributed by atoms with Crippen LogP contribution in [-0.4, -0.2) is 13.2 Å². The molecule has 0 radical (unpaired) electrons. The normalized spacial score (nSPS) is 15.6. The second-order valence-electron chi connectivity index (χ2n) is 2.93. The molecule has 1 aromatic rings. The molecule has 2 atom stereocenters. The highest BCUT2D eigenvalue weighted by Gasteiger charge is 2.13. The molecule has 0 aliphatic heterocycles. The lowest BCUT2D eigenvalue weighted by Crippen LogP contribution is -2.25. The maximum atomic E-state index is 5.75. The molecule has 0 heterocycles. The second-order valence-corrected chi connectivity index (χ2v) is 2.93. The Bertz CT molecular complexity index is 221. The number of rotatable bonds is 3. The topological polar surface area (TPSA) is 35.2 Å². The molecule has 0 bridgehead atoms. The first kappa shape index (κ1) is 9.23. The van der Waals surface area contributed by atoms with Gasteiger partial charge >= 0.3 is 0 Å². The summed E-state index contributed by atoms with van der Waals surface area (Å²) >= 11 is 0. The summed E-state index contributed by atoms with van der Waals surface area (Å²) < 4.78 is 5.27. The van der Waals surface area contributed by atoms with Gasteiger partial charge in [-0.05, 0) is 12.5 Å². The molecule has 0 aliphatic rings. The first-order valence-corrected chi connectivity index (χ1v) is 4.09. The number of hydrogen-bond donors (Lipinski definition) is 1. The summed E-state index contributed by atoms with van der Waals surface area (Å²) in [4.78, 5) is 0. The van der Waals surface area contributed by atoms with Gasteiger partial charge in [0.2, 0.25) is 0 Å². The molecule has 0 aliphatic carbocycles. The predicted molar refractivity (Wildman–Crippen MR) is 49.8 cm³/mol. The number of benzene rings is 1. The fourth-order valence-electron chi connectivity index (χ4n) is 1.30. The Balaban J connectivity index is 2.80. The standard InChI is InChI=1S/C10H15NO/c1-8(11)10(12-2)9-6-4-3-5-7-9/h3-8,10H,11H2,1-2H3/t8-,10+/m1/s1. The largest absolute Gasteiger partial charge is 0.375 e. The molecule has 0 saturated carbocycles. The van der Waals surface area contributed by atoms with E-state index in [-0.39, 0.29) is 12.1 Å². The summed E-state index contributed by atoms with van der Waals surface area (Å²) in [6, 6.07) is 10.0. The Hall–Kier alpha value is -0.860. The predicted octanol–water partition coefficient (Wildman–Crippen LogP) is 1.72. The van der Waals surface area contributed by atoms with Gasteiger partial charge in [0.05, 0.1) is 6.10 Å². The van der Waals surface area contributed by atoms with E-state index >= 15 is 0 Å². The molecule has 2 heteroatoms. The van der Waals surface area contributed by atoms with Crippen molar-refractivity contribution < 1.29 is 4.74 Å². The van der Waals surface area contributed by atoms with E-state index in [2.05, 4.69) is 0 Å². The van der Waals surface area contributed by atoms with E-state index in [0.717, 1.165) is 5.56 Å². The van der Waals surface area contributed by atoms with Gasteiger partial charge in [-0.3, -0.25) is 0 Å². The highest BCUT2D eigenvalue weighted by atomic mass is 16.5. The first-order chi connectivity index (χ1) is 5.75. The average molecular weight is 165 g/mol. The third-order valence-electron chi connectivity index (χ3n) is 1.86. The van der Waals surface area contributed by atoms with Crippen molar-refractivity contribution in [3.8, 4) is 0 Å². The highest BCUT2D eigenvalue weighted by Crippen LogP contribution is 2.18. The molecule has 2 nitrogen and oxygen atoms in total. The van der Waals surface area contributed by atoms with E-state index in [1.165, 1.54) is 0 Å². The van der Waals surface area contributed by atoms with Crippen LogP contribution in [0.1, 0.15) is 18.6 Å². The molecule has 0 amide bonds. The summed E-state index contributed by atoms with van der Waals surface area (Å²) in [6.45, 7) is 1.95. The van der Waals surface area contributed by atoms with E-state index < -0.39 is 0 Å². The van der Waals surface area contributed by atoms with Crippen molar-refractivity contribution in [3.63, 3.8) is 0 Å². The van der Waals surface area contributed by atoms with Crippen molar-refractivity contribution in [2.75, 3.05) is 7.11 Å². The van der Waals surface area contributed by atoms with Crippen molar-refractivity contribution in [3.05, 3.63) is 35.9 Å². The third kappa shape index (κ3) is 2.06. The average Bonchev–Trinajstić information content (AvgIpc) is 2.07. The maximum Gasteiger partial charge on any atom is 0.0969 e. The van der Waals surface area contributed by atoms with E-state index in [4.69, 9.17) is 10.5 Å². The zero-order chi connectivity index (χ0) is 8.97. The van der Waals surface area contributed by atoms with Gasteiger partial charge in [0, 0.05) is 13.2 Å². The Kier molecular flexibility index (Phi) is 3.26. The number of ether oxygens (including phenoxy) is 1. The molecule has 0 aromatic heterocycles. The lowest BCUT2D eigenvalue weighted by Gasteiger charge is -2.19. The van der Waals surface area contributed by atoms with E-state index in [9.17, 15) is 0 Å². The molecule has 0 fully saturated rings. The number of hydrogen-bond acceptors (Lipinski definition) is 2. The smallest absolute Gasteiger partial charge is 0.0969 e. The minimum Gasteiger partial charge on any atom is -0.375 e. The van der Waals surface area contributed by atoms with Gasteiger partial charge < -0.3 is 10.5 Å². The Morgan fingerprint density at radius 2 is 1.83 bits per heavy atom. The van der Waals surface area contributed by atoms with Crippen LogP contribution in [-0.2, 0) is 4.74 Å². The Morgan fingerprint density at radius 3 is 2.25 bits per heavy atom. The van der Waals surface area contributed by atoms with Gasteiger partial charge in [-0.25, -0.2) is 0 Å². The molecule has 0 spiro atoms. The lowest BCUT2D eigenvalue weighted by molar-refractivity contribution is 0.0854. The molecular weight excluding hydrogens is 150 g/mol. The summed E-state index contributed by atoms with van der Waals surface area (Å²) in [6.07, 6.45) is 0.00574. The van der Waals surface area contributed by atoms with Crippen LogP contribution in [0.2, 0.25) is 0 Å². The molecule has 12 heavy (non-hydrogen) atoms. The SMILES string of the molecule is CO[C@H](c1ccccc1)[C@@H](C)N. The van der Waals surface area contributed by atoms with Crippen LogP contribution in [0.4, 0.5) is 0 Å². The van der Waals surface area contributed by atoms with E-state index in [1.807, 2.05) is 37.3 Å². The van der Waals surface area contributed by atoms with Crippen molar-refractivity contribution >= 4 is 0 Å². The lowest BCUT2D eigenvalue weighted by atomic mass is 10.0. The molecular formula is C10H15NO. The van der Waals surface area contributed by atoms with Crippen molar-refractivity contribution in [1.29, 1.82) is 0 Å². The summed E-state index contributed by atoms with van der Waals surface area (Å²) in [5, 5.41) is 0. The number of nitrogens with two attached hydrogens (primary N) is 1. The minimum absolute atomic E-state index is 0.00574. The van der Waals surface area contributed by atoms with Crippen LogP contribution in [0.3, 0.4) is 0 Å². The van der Waals surface area contributed by atoms with Crippen molar-refractivity contribution in [2.24, 2.45) is 5.73 Å². The third-order valence-corrected chi connectivity index (χ3v) is 1.86. The van der Waals surface area contributed by atoms with Gasteiger partial charge in [-0.1, -0.05) is 30.3 Å². The molecule has 2 N–H and O–H groups in total. The summed E-state index contributed by atoms with van der Waals surface area (Å²) in [7, 11) is 1.68. The van der Waals surface area contributed by atoms with Crippen molar-refractivity contribution in [1.82, 2.24) is 0 Å². The fourth-order valence-corrected chi connectivity index (χ4v) is 1.30. The van der Waals surface area contributed by atoms with Crippen LogP contribution in [0, 0.1) is 0 Å². The number of methoxy groups -OCH3 is 1. The molecule has 1 aromatic carbocycles. The zero-order valence-corrected chi connectivity index (χ0v) is 7.53. The van der Waals surface area contributed by atoms with Crippen LogP contribution < -0.4 is 5.73 Å². The van der Waals surface area contributed by atoms with Gasteiger partial charge in [-0.15, -0.1) is 0 Å². The van der Waals surface area contributed by atoms with Crippen LogP contribution in [0.15, 0.2) is 30.3 Å². The summed E-state index contributed by atoms with van der Waals surface area (Å²) in [5.74, 6) is 0. The zero-order valence-electron chi connectivity index (χ0n) is 7.53. The van der Waals surface area contributed by atoms with Crippen LogP contribution in [0.25, 0.3) is 0 Å². The fraction of sp³-hybridized carbons (Fsp3) is 0.400. The van der Waals surface area contributed by atoms with Gasteiger partial charge in [0.15, 0.2) is 0 Å². The first-order valence-electron chi connectivity index (χ1n) is 4.09. The van der Waals surface area contributed by atoms with Crippen LogP contribution in [0.5, 0.6) is 0 Å². The van der Waals surface area contributed by atoms with E-state index in [1.54, 1.807) is 7.11 Å². The van der Waals surface area contributed by atoms with E-state index in [0.29, 0.717) is 0 Å². The second kappa shape index (κ2) is 4.24. The highest BCUT2D eigenvalue weighted by molar-refractivity contribution is 5.18. The Labute approximate surface area is 73.3 Å².